The van der Waals surface area contributed by atoms with Crippen LogP contribution >= 0.6 is 0 Å². The van der Waals surface area contributed by atoms with Crippen molar-refractivity contribution in [2.45, 2.75) is 20.8 Å². The zero-order valence-electron chi connectivity index (χ0n) is 21.8. The van der Waals surface area contributed by atoms with E-state index < -0.39 is 0 Å². The third kappa shape index (κ3) is 5.69. The van der Waals surface area contributed by atoms with Crippen molar-refractivity contribution in [3.05, 3.63) is 71.5 Å². The Morgan fingerprint density at radius 3 is 2.30 bits per heavy atom. The molecule has 37 heavy (non-hydrogen) atoms. The lowest BCUT2D eigenvalue weighted by molar-refractivity contribution is -0.108. The highest BCUT2D eigenvalue weighted by molar-refractivity contribution is 6.12. The van der Waals surface area contributed by atoms with E-state index in [0.29, 0.717) is 34.3 Å². The molecule has 4 rings (SSSR count). The number of aliphatic imine (C=N–C) groups is 1. The number of furan rings is 1. The number of halogens is 1. The topological polar surface area (TPSA) is 86.9 Å². The normalized spacial score (nSPS) is 10.7. The maximum Gasteiger partial charge on any atom is 0.255 e. The van der Waals surface area contributed by atoms with Crippen molar-refractivity contribution >= 4 is 41.0 Å². The Hall–Kier alpha value is -4.46. The van der Waals surface area contributed by atoms with E-state index in [4.69, 9.17) is 4.42 Å². The van der Waals surface area contributed by atoms with Gasteiger partial charge < -0.3 is 20.0 Å². The molecule has 7 nitrogen and oxygen atoms in total. The third-order valence-corrected chi connectivity index (χ3v) is 5.70. The van der Waals surface area contributed by atoms with Gasteiger partial charge in [-0.15, -0.1) is 0 Å². The van der Waals surface area contributed by atoms with Crippen LogP contribution in [-0.2, 0) is 4.79 Å². The Balaban J connectivity index is 0.00000186. The van der Waals surface area contributed by atoms with Gasteiger partial charge in [-0.1, -0.05) is 19.9 Å². The quantitative estimate of drug-likeness (QED) is 0.182. The summed E-state index contributed by atoms with van der Waals surface area (Å²) in [6.45, 7) is 5.94. The van der Waals surface area contributed by atoms with Gasteiger partial charge in [0.2, 0.25) is 6.41 Å². The Labute approximate surface area is 216 Å². The number of benzene rings is 3. The first-order valence-electron chi connectivity index (χ1n) is 11.9. The maximum absolute atomic E-state index is 13.5. The summed E-state index contributed by atoms with van der Waals surface area (Å²) in [7, 11) is 5.43. The molecule has 0 atom stereocenters. The molecule has 0 radical (unpaired) electrons. The predicted molar refractivity (Wildman–Crippen MR) is 148 cm³/mol. The SMILES string of the molecule is CC.CNC(=O)c1c(-c2ccc(F)cc2)oc2cc(N(C)C)c(-c3ccc(N=CNC=O)c(C)c3)cc12. The van der Waals surface area contributed by atoms with Crippen molar-refractivity contribution in [3.63, 3.8) is 0 Å². The third-order valence-electron chi connectivity index (χ3n) is 5.70. The van der Waals surface area contributed by atoms with E-state index in [1.807, 2.05) is 70.1 Å². The first-order chi connectivity index (χ1) is 17.8. The fraction of sp³-hybridized carbons (Fsp3) is 0.207. The van der Waals surface area contributed by atoms with Crippen LogP contribution in [0.3, 0.4) is 0 Å². The molecule has 8 heteroatoms. The van der Waals surface area contributed by atoms with Crippen molar-refractivity contribution < 1.29 is 18.4 Å². The van der Waals surface area contributed by atoms with Crippen LogP contribution in [0.5, 0.6) is 0 Å². The summed E-state index contributed by atoms with van der Waals surface area (Å²) in [6.07, 6.45) is 1.89. The lowest BCUT2D eigenvalue weighted by atomic mass is 9.96. The van der Waals surface area contributed by atoms with E-state index in [1.54, 1.807) is 19.2 Å². The monoisotopic (exact) mass is 502 g/mol. The van der Waals surface area contributed by atoms with Gasteiger partial charge in [-0.2, -0.15) is 0 Å². The second-order valence-electron chi connectivity index (χ2n) is 8.20. The van der Waals surface area contributed by atoms with E-state index in [0.717, 1.165) is 28.1 Å². The van der Waals surface area contributed by atoms with Gasteiger partial charge in [0.1, 0.15) is 17.2 Å². The summed E-state index contributed by atoms with van der Waals surface area (Å²) in [5, 5.41) is 5.75. The molecule has 0 bridgehead atoms. The average molecular weight is 503 g/mol. The molecule has 192 valence electrons. The molecule has 2 amide bonds. The highest BCUT2D eigenvalue weighted by Crippen LogP contribution is 2.41. The summed E-state index contributed by atoms with van der Waals surface area (Å²) in [5.74, 6) is -0.284. The standard InChI is InChI=1S/C27H25FN4O3.C2H6/c1-16-11-18(7-10-22(16)31-14-30-15-33)20-12-21-24(13-23(20)32(3)4)35-26(25(21)27(34)29-2)17-5-8-19(28)9-6-17;1-2/h5-15H,1-4H3,(H,29,34)(H,30,31,33);1-2H3. The second kappa shape index (κ2) is 12.0. The smallest absolute Gasteiger partial charge is 0.255 e. The van der Waals surface area contributed by atoms with Crippen LogP contribution in [-0.4, -0.2) is 39.8 Å². The molecule has 0 aliphatic rings. The number of rotatable bonds is 7. The molecule has 1 aromatic heterocycles. The Kier molecular flexibility index (Phi) is 8.79. The van der Waals surface area contributed by atoms with E-state index >= 15 is 0 Å². The van der Waals surface area contributed by atoms with Gasteiger partial charge in [-0.3, -0.25) is 9.59 Å². The zero-order valence-corrected chi connectivity index (χ0v) is 21.8. The fourth-order valence-electron chi connectivity index (χ4n) is 3.99. The predicted octanol–water partition coefficient (Wildman–Crippen LogP) is 6.07. The molecule has 0 aliphatic heterocycles. The number of amides is 2. The summed E-state index contributed by atoms with van der Waals surface area (Å²) >= 11 is 0. The van der Waals surface area contributed by atoms with Gasteiger partial charge in [0.25, 0.3) is 5.91 Å². The van der Waals surface area contributed by atoms with Crippen LogP contribution < -0.4 is 15.5 Å². The van der Waals surface area contributed by atoms with Crippen LogP contribution in [0.1, 0.15) is 29.8 Å². The minimum absolute atomic E-state index is 0.296. The van der Waals surface area contributed by atoms with Crippen LogP contribution in [0.25, 0.3) is 33.4 Å². The van der Waals surface area contributed by atoms with Crippen LogP contribution in [0, 0.1) is 12.7 Å². The highest BCUT2D eigenvalue weighted by Gasteiger charge is 2.24. The van der Waals surface area contributed by atoms with E-state index in [9.17, 15) is 14.0 Å². The fourth-order valence-corrected chi connectivity index (χ4v) is 3.99. The number of carbonyl (C=O) groups excluding carboxylic acids is 2. The first kappa shape index (κ1) is 27.1. The second-order valence-corrected chi connectivity index (χ2v) is 8.20. The van der Waals surface area contributed by atoms with Gasteiger partial charge in [0.05, 0.1) is 17.6 Å². The number of anilines is 1. The lowest BCUT2D eigenvalue weighted by Crippen LogP contribution is -2.18. The Morgan fingerprint density at radius 1 is 1.03 bits per heavy atom. The number of carbonyl (C=O) groups is 2. The van der Waals surface area contributed by atoms with Crippen LogP contribution in [0.4, 0.5) is 15.8 Å². The number of hydrogen-bond acceptors (Lipinski definition) is 5. The van der Waals surface area contributed by atoms with Gasteiger partial charge >= 0.3 is 0 Å². The van der Waals surface area contributed by atoms with E-state index in [1.165, 1.54) is 18.5 Å². The molecular weight excluding hydrogens is 471 g/mol. The number of aryl methyl sites for hydroxylation is 1. The molecule has 2 N–H and O–H groups in total. The minimum atomic E-state index is -0.367. The summed E-state index contributed by atoms with van der Waals surface area (Å²) in [5.41, 5.74) is 5.93. The molecule has 0 unspecified atom stereocenters. The van der Waals surface area contributed by atoms with Crippen molar-refractivity contribution in [1.29, 1.82) is 0 Å². The van der Waals surface area contributed by atoms with E-state index in [2.05, 4.69) is 15.6 Å². The molecule has 4 aromatic rings. The molecule has 0 saturated carbocycles. The number of fused-ring (bicyclic) bond motifs is 1. The number of nitrogens with one attached hydrogen (secondary N) is 2. The zero-order chi connectivity index (χ0) is 27.1. The molecular formula is C29H31FN4O3. The number of hydrogen-bond donors (Lipinski definition) is 2. The molecule has 0 saturated heterocycles. The van der Waals surface area contributed by atoms with Crippen molar-refractivity contribution in [1.82, 2.24) is 10.6 Å². The van der Waals surface area contributed by atoms with Crippen LogP contribution in [0.15, 0.2) is 64.0 Å². The van der Waals surface area contributed by atoms with Gasteiger partial charge in [-0.25, -0.2) is 9.38 Å². The van der Waals surface area contributed by atoms with Gasteiger partial charge in [0.15, 0.2) is 0 Å². The summed E-state index contributed by atoms with van der Waals surface area (Å²) < 4.78 is 19.7. The largest absolute Gasteiger partial charge is 0.455 e. The van der Waals surface area contributed by atoms with Crippen molar-refractivity contribution in [2.24, 2.45) is 4.99 Å². The van der Waals surface area contributed by atoms with Crippen molar-refractivity contribution in [2.75, 3.05) is 26.0 Å². The summed E-state index contributed by atoms with van der Waals surface area (Å²) in [4.78, 5) is 29.6. The maximum atomic E-state index is 13.5. The molecule has 3 aromatic carbocycles. The number of nitrogens with zero attached hydrogens (tertiary/aromatic N) is 2. The van der Waals surface area contributed by atoms with Crippen molar-refractivity contribution in [3.8, 4) is 22.5 Å². The molecule has 0 fully saturated rings. The van der Waals surface area contributed by atoms with Crippen LogP contribution in [0.2, 0.25) is 0 Å². The molecule has 0 spiro atoms. The highest BCUT2D eigenvalue weighted by atomic mass is 19.1. The Bertz CT molecular complexity index is 1440. The van der Waals surface area contributed by atoms with E-state index in [-0.39, 0.29) is 11.7 Å². The Morgan fingerprint density at radius 2 is 1.70 bits per heavy atom. The molecule has 1 heterocycles. The van der Waals surface area contributed by atoms with Gasteiger partial charge in [0, 0.05) is 49.4 Å². The average Bonchev–Trinajstić information content (AvgIpc) is 3.28. The molecule has 0 aliphatic carbocycles. The minimum Gasteiger partial charge on any atom is -0.455 e. The first-order valence-corrected chi connectivity index (χ1v) is 11.9. The summed E-state index contributed by atoms with van der Waals surface area (Å²) in [6, 6.07) is 15.5. The van der Waals surface area contributed by atoms with Gasteiger partial charge in [-0.05, 0) is 60.5 Å². The lowest BCUT2D eigenvalue weighted by Gasteiger charge is -2.18.